The number of hydrogen-bond donors (Lipinski definition) is 2. The first-order valence-corrected chi connectivity index (χ1v) is 13.4. The smallest absolute Gasteiger partial charge is 0.337 e. The molecular weight excluding hydrogens is 478 g/mol. The van der Waals surface area contributed by atoms with Crippen molar-refractivity contribution in [2.75, 3.05) is 11.9 Å². The molecule has 6 heteroatoms. The lowest BCUT2D eigenvalue weighted by atomic mass is 9.78. The van der Waals surface area contributed by atoms with Gasteiger partial charge in [0.25, 0.3) is 0 Å². The second-order valence-electron chi connectivity index (χ2n) is 11.3. The number of carbonyl (C=O) groups excluding carboxylic acids is 1. The van der Waals surface area contributed by atoms with Gasteiger partial charge in [-0.25, -0.2) is 4.79 Å². The summed E-state index contributed by atoms with van der Waals surface area (Å²) in [7, 11) is 0. The van der Waals surface area contributed by atoms with E-state index in [1.807, 2.05) is 77.1 Å². The summed E-state index contributed by atoms with van der Waals surface area (Å²) in [5.41, 5.74) is 5.56. The van der Waals surface area contributed by atoms with E-state index in [1.165, 1.54) is 5.57 Å². The molecule has 2 aromatic carbocycles. The molecule has 2 N–H and O–H groups in total. The van der Waals surface area contributed by atoms with Gasteiger partial charge in [-0.1, -0.05) is 36.4 Å². The first kappa shape index (κ1) is 27.6. The van der Waals surface area contributed by atoms with Crippen molar-refractivity contribution in [1.82, 2.24) is 0 Å². The molecule has 0 aromatic heterocycles. The van der Waals surface area contributed by atoms with Gasteiger partial charge in [0.15, 0.2) is 6.10 Å². The van der Waals surface area contributed by atoms with Gasteiger partial charge >= 0.3 is 5.97 Å². The Balaban J connectivity index is 1.71. The molecule has 0 bridgehead atoms. The first-order chi connectivity index (χ1) is 18.0. The lowest BCUT2D eigenvalue weighted by Crippen LogP contribution is -2.29. The summed E-state index contributed by atoms with van der Waals surface area (Å²) in [5.74, 6) is -0.203. The maximum Gasteiger partial charge on any atom is 0.337 e. The maximum absolute atomic E-state index is 12.9. The van der Waals surface area contributed by atoms with Crippen LogP contribution in [0.15, 0.2) is 59.9 Å². The van der Waals surface area contributed by atoms with Gasteiger partial charge in [-0.05, 0) is 100 Å². The van der Waals surface area contributed by atoms with Crippen molar-refractivity contribution in [1.29, 1.82) is 0 Å². The number of carboxylic acids is 1. The molecule has 6 nitrogen and oxygen atoms in total. The molecule has 1 heterocycles. The predicted octanol–water partition coefficient (Wildman–Crippen LogP) is 6.92. The van der Waals surface area contributed by atoms with Gasteiger partial charge in [-0.3, -0.25) is 4.79 Å². The Labute approximate surface area is 225 Å². The molecule has 0 saturated heterocycles. The van der Waals surface area contributed by atoms with Crippen LogP contribution >= 0.6 is 0 Å². The fourth-order valence-corrected chi connectivity index (χ4v) is 5.42. The van der Waals surface area contributed by atoms with Crippen LogP contribution in [0.25, 0.3) is 0 Å². The highest BCUT2D eigenvalue weighted by atomic mass is 16.5. The van der Waals surface area contributed by atoms with E-state index in [-0.39, 0.29) is 11.8 Å². The average Bonchev–Trinajstić information content (AvgIpc) is 2.87. The van der Waals surface area contributed by atoms with Crippen molar-refractivity contribution in [3.63, 3.8) is 0 Å². The van der Waals surface area contributed by atoms with Crippen LogP contribution in [-0.2, 0) is 25.5 Å². The van der Waals surface area contributed by atoms with Crippen molar-refractivity contribution >= 4 is 17.6 Å². The number of allylic oxidation sites excluding steroid dienone is 3. The number of carboxylic acid groups (broad SMARTS) is 1. The van der Waals surface area contributed by atoms with Crippen molar-refractivity contribution < 1.29 is 24.2 Å². The Morgan fingerprint density at radius 2 is 1.92 bits per heavy atom. The maximum atomic E-state index is 12.9. The molecule has 1 amide bonds. The fourth-order valence-electron chi connectivity index (χ4n) is 5.42. The van der Waals surface area contributed by atoms with Crippen LogP contribution in [0.3, 0.4) is 0 Å². The number of aliphatic carboxylic acids is 1. The van der Waals surface area contributed by atoms with Gasteiger partial charge in [0, 0.05) is 23.6 Å². The zero-order chi connectivity index (χ0) is 27.4. The highest BCUT2D eigenvalue weighted by Crippen LogP contribution is 2.44. The Kier molecular flexibility index (Phi) is 8.41. The number of amides is 1. The second kappa shape index (κ2) is 11.6. The van der Waals surface area contributed by atoms with E-state index in [4.69, 9.17) is 9.47 Å². The molecule has 2 aromatic rings. The summed E-state index contributed by atoms with van der Waals surface area (Å²) < 4.78 is 12.0. The molecule has 1 aliphatic heterocycles. The van der Waals surface area contributed by atoms with Crippen molar-refractivity contribution in [2.45, 2.75) is 84.3 Å². The highest BCUT2D eigenvalue weighted by molar-refractivity contribution is 5.92. The standard InChI is InChI=1S/C32H39NO5/c1-20-18-25(33-27(34)16-13-22-10-7-6-8-11-22)21(2)29(30(31(35)36)38-32(3,4)5)28(20)24-14-15-26-23(19-24)12-9-17-37-26/h6-8,10-11,14-15,18,24,30H,9,12-13,16-17,19H2,1-5H3,(H,33,34)(H,35,36). The zero-order valence-electron chi connectivity index (χ0n) is 23.1. The van der Waals surface area contributed by atoms with Crippen LogP contribution in [0.5, 0.6) is 0 Å². The average molecular weight is 518 g/mol. The monoisotopic (exact) mass is 517 g/mol. The molecule has 0 spiro atoms. The third-order valence-electron chi connectivity index (χ3n) is 7.15. The topological polar surface area (TPSA) is 84.9 Å². The van der Waals surface area contributed by atoms with Gasteiger partial charge < -0.3 is 19.9 Å². The molecule has 1 aliphatic carbocycles. The number of ether oxygens (including phenoxy) is 2. The predicted molar refractivity (Wildman–Crippen MR) is 149 cm³/mol. The van der Waals surface area contributed by atoms with Gasteiger partial charge in [0.1, 0.15) is 5.76 Å². The summed E-state index contributed by atoms with van der Waals surface area (Å²) in [6, 6.07) is 11.9. The Hall–Kier alpha value is -3.38. The summed E-state index contributed by atoms with van der Waals surface area (Å²) >= 11 is 0. The van der Waals surface area contributed by atoms with E-state index < -0.39 is 17.7 Å². The normalized spacial score (nSPS) is 18.0. The number of hydrogen-bond acceptors (Lipinski definition) is 4. The van der Waals surface area contributed by atoms with Crippen LogP contribution in [0.1, 0.15) is 86.3 Å². The van der Waals surface area contributed by atoms with Gasteiger partial charge in [0.05, 0.1) is 12.2 Å². The van der Waals surface area contributed by atoms with Crippen molar-refractivity contribution in [2.24, 2.45) is 0 Å². The van der Waals surface area contributed by atoms with Gasteiger partial charge in [-0.15, -0.1) is 0 Å². The number of anilines is 1. The van der Waals surface area contributed by atoms with Crippen LogP contribution < -0.4 is 5.32 Å². The number of benzene rings is 2. The molecule has 2 aliphatic rings. The number of aryl methyl sites for hydroxylation is 2. The summed E-state index contributed by atoms with van der Waals surface area (Å²) in [5, 5.41) is 13.4. The van der Waals surface area contributed by atoms with E-state index in [0.717, 1.165) is 53.9 Å². The third-order valence-corrected chi connectivity index (χ3v) is 7.15. The second-order valence-corrected chi connectivity index (χ2v) is 11.3. The van der Waals surface area contributed by atoms with Crippen LogP contribution in [0, 0.1) is 13.8 Å². The van der Waals surface area contributed by atoms with Gasteiger partial charge in [-0.2, -0.15) is 0 Å². The van der Waals surface area contributed by atoms with Crippen molar-refractivity contribution in [3.8, 4) is 0 Å². The van der Waals surface area contributed by atoms with E-state index in [1.54, 1.807) is 0 Å². The number of rotatable bonds is 8. The molecular formula is C32H39NO5. The van der Waals surface area contributed by atoms with E-state index in [0.29, 0.717) is 24.1 Å². The van der Waals surface area contributed by atoms with E-state index >= 15 is 0 Å². The van der Waals surface area contributed by atoms with Gasteiger partial charge in [0.2, 0.25) is 5.91 Å². The van der Waals surface area contributed by atoms with E-state index in [9.17, 15) is 14.7 Å². The molecule has 0 fully saturated rings. The largest absolute Gasteiger partial charge is 0.494 e. The summed E-state index contributed by atoms with van der Waals surface area (Å²) in [6.07, 6.45) is 6.70. The molecule has 0 radical (unpaired) electrons. The van der Waals surface area contributed by atoms with E-state index in [2.05, 4.69) is 11.4 Å². The SMILES string of the molecule is Cc1cc(NC(=O)CCc2ccccc2)c(C)c(C(OC(C)(C)C)C(=O)O)c1C1C=CC2=C(CCCO2)C1. The minimum absolute atomic E-state index is 0.00241. The summed E-state index contributed by atoms with van der Waals surface area (Å²) in [6.45, 7) is 10.2. The highest BCUT2D eigenvalue weighted by Gasteiger charge is 2.35. The minimum Gasteiger partial charge on any atom is -0.494 e. The number of nitrogens with one attached hydrogen (secondary N) is 1. The lowest BCUT2D eigenvalue weighted by Gasteiger charge is -2.33. The Morgan fingerprint density at radius 1 is 1.18 bits per heavy atom. The quantitative estimate of drug-likeness (QED) is 0.397. The fraction of sp³-hybridized carbons (Fsp3) is 0.438. The van der Waals surface area contributed by atoms with Crippen LogP contribution in [0.2, 0.25) is 0 Å². The first-order valence-electron chi connectivity index (χ1n) is 13.4. The van der Waals surface area contributed by atoms with Crippen LogP contribution in [0.4, 0.5) is 5.69 Å². The molecule has 4 rings (SSSR count). The van der Waals surface area contributed by atoms with Crippen molar-refractivity contribution in [3.05, 3.63) is 87.7 Å². The lowest BCUT2D eigenvalue weighted by molar-refractivity contribution is -0.160. The molecule has 2 atom stereocenters. The number of carbonyl (C=O) groups is 2. The molecule has 2 unspecified atom stereocenters. The Bertz CT molecular complexity index is 1250. The molecule has 0 saturated carbocycles. The van der Waals surface area contributed by atoms with Crippen LogP contribution in [-0.4, -0.2) is 29.2 Å². The zero-order valence-corrected chi connectivity index (χ0v) is 23.1. The Morgan fingerprint density at radius 3 is 2.61 bits per heavy atom. The minimum atomic E-state index is -1.17. The summed E-state index contributed by atoms with van der Waals surface area (Å²) in [4.78, 5) is 25.6. The third kappa shape index (κ3) is 6.54. The molecule has 38 heavy (non-hydrogen) atoms. The molecule has 202 valence electrons.